The molecule has 0 aliphatic heterocycles. The van der Waals surface area contributed by atoms with Gasteiger partial charge in [-0.15, -0.1) is 0 Å². The first-order chi connectivity index (χ1) is 10.5. The Kier molecular flexibility index (Phi) is 8.89. The number of nitrogens with one attached hydrogen (secondary N) is 3. The zero-order valence-corrected chi connectivity index (χ0v) is 13.8. The average Bonchev–Trinajstić information content (AvgIpc) is 2.52. The number of carbonyl (C=O) groups is 1. The summed E-state index contributed by atoms with van der Waals surface area (Å²) in [6.45, 7) is 5.30. The maximum absolute atomic E-state index is 12.4. The van der Waals surface area contributed by atoms with E-state index in [9.17, 15) is 9.90 Å². The van der Waals surface area contributed by atoms with Crippen molar-refractivity contribution in [3.05, 3.63) is 0 Å². The molecule has 1 aliphatic rings. The molecule has 7 heteroatoms. The van der Waals surface area contributed by atoms with Crippen LogP contribution in [0.15, 0.2) is 0 Å². The number of hydrogen-bond acceptors (Lipinski definition) is 6. The average molecular weight is 317 g/mol. The lowest BCUT2D eigenvalue weighted by molar-refractivity contribution is -0.285. The van der Waals surface area contributed by atoms with Gasteiger partial charge in [0, 0.05) is 19.0 Å². The molecular weight excluding hydrogens is 286 g/mol. The molecule has 1 aliphatic carbocycles. The van der Waals surface area contributed by atoms with Gasteiger partial charge in [0.2, 0.25) is 5.91 Å². The van der Waals surface area contributed by atoms with E-state index in [4.69, 9.17) is 5.26 Å². The van der Waals surface area contributed by atoms with Gasteiger partial charge >= 0.3 is 0 Å². The number of aliphatic hydroxyl groups excluding tert-OH is 1. The van der Waals surface area contributed by atoms with Crippen molar-refractivity contribution in [2.75, 3.05) is 20.1 Å². The van der Waals surface area contributed by atoms with Gasteiger partial charge in [-0.25, -0.2) is 4.89 Å². The molecule has 5 N–H and O–H groups in total. The van der Waals surface area contributed by atoms with Gasteiger partial charge in [-0.3, -0.25) is 15.4 Å². The monoisotopic (exact) mass is 317 g/mol. The van der Waals surface area contributed by atoms with Gasteiger partial charge in [0.25, 0.3) is 0 Å². The molecule has 4 atom stereocenters. The van der Waals surface area contributed by atoms with Crippen molar-refractivity contribution in [2.45, 2.75) is 57.9 Å². The summed E-state index contributed by atoms with van der Waals surface area (Å²) >= 11 is 0. The minimum absolute atomic E-state index is 0.0742. The zero-order chi connectivity index (χ0) is 16.5. The second-order valence-corrected chi connectivity index (χ2v) is 6.37. The highest BCUT2D eigenvalue weighted by Gasteiger charge is 2.31. The molecule has 1 saturated carbocycles. The lowest BCUT2D eigenvalue weighted by Crippen LogP contribution is -2.55. The van der Waals surface area contributed by atoms with Crippen LogP contribution in [0, 0.1) is 11.8 Å². The number of aliphatic hydroxyl groups is 1. The van der Waals surface area contributed by atoms with Gasteiger partial charge in [-0.2, -0.15) is 0 Å². The Morgan fingerprint density at radius 3 is 2.64 bits per heavy atom. The minimum atomic E-state index is -0.786. The number of hydrogen-bond donors (Lipinski definition) is 5. The SMILES string of the molecule is CNCCN[C@@H](O)C(NC(=O)C1CCC[C@@H](OO)C1)C(C)C. The van der Waals surface area contributed by atoms with Crippen molar-refractivity contribution in [1.82, 2.24) is 16.0 Å². The van der Waals surface area contributed by atoms with Crippen molar-refractivity contribution < 1.29 is 20.0 Å². The van der Waals surface area contributed by atoms with Gasteiger partial charge in [0.1, 0.15) is 6.23 Å². The van der Waals surface area contributed by atoms with Crippen molar-refractivity contribution in [3.63, 3.8) is 0 Å². The van der Waals surface area contributed by atoms with Crippen LogP contribution in [0.25, 0.3) is 0 Å². The van der Waals surface area contributed by atoms with Crippen LogP contribution in [0.2, 0.25) is 0 Å². The van der Waals surface area contributed by atoms with Gasteiger partial charge < -0.3 is 15.7 Å². The highest BCUT2D eigenvalue weighted by Crippen LogP contribution is 2.26. The van der Waals surface area contributed by atoms with Crippen LogP contribution in [-0.2, 0) is 9.68 Å². The lowest BCUT2D eigenvalue weighted by Gasteiger charge is -2.32. The van der Waals surface area contributed by atoms with Crippen LogP contribution < -0.4 is 16.0 Å². The van der Waals surface area contributed by atoms with E-state index in [1.807, 2.05) is 20.9 Å². The maximum Gasteiger partial charge on any atom is 0.223 e. The molecule has 0 aromatic carbocycles. The fourth-order valence-electron chi connectivity index (χ4n) is 2.84. The Balaban J connectivity index is 2.52. The summed E-state index contributed by atoms with van der Waals surface area (Å²) in [6, 6.07) is -0.347. The van der Waals surface area contributed by atoms with E-state index in [-0.39, 0.29) is 29.9 Å². The van der Waals surface area contributed by atoms with Crippen LogP contribution in [0.4, 0.5) is 0 Å². The highest BCUT2D eigenvalue weighted by atomic mass is 17.1. The summed E-state index contributed by atoms with van der Waals surface area (Å²) < 4.78 is 0. The van der Waals surface area contributed by atoms with Crippen molar-refractivity contribution in [1.29, 1.82) is 0 Å². The quantitative estimate of drug-likeness (QED) is 0.181. The highest BCUT2D eigenvalue weighted by molar-refractivity contribution is 5.79. The molecular formula is C15H31N3O4. The second-order valence-electron chi connectivity index (χ2n) is 6.37. The zero-order valence-electron chi connectivity index (χ0n) is 13.8. The van der Waals surface area contributed by atoms with Crippen LogP contribution in [-0.4, -0.2) is 54.8 Å². The molecule has 1 amide bonds. The Morgan fingerprint density at radius 1 is 1.32 bits per heavy atom. The fraction of sp³-hybridized carbons (Fsp3) is 0.933. The Labute approximate surface area is 132 Å². The fourth-order valence-corrected chi connectivity index (χ4v) is 2.84. The summed E-state index contributed by atoms with van der Waals surface area (Å²) in [7, 11) is 1.85. The molecule has 1 fully saturated rings. The third-order valence-electron chi connectivity index (χ3n) is 4.24. The summed E-state index contributed by atoms with van der Waals surface area (Å²) in [5.41, 5.74) is 0. The first-order valence-electron chi connectivity index (χ1n) is 8.16. The molecule has 0 radical (unpaired) electrons. The van der Waals surface area contributed by atoms with Gasteiger partial charge in [0.05, 0.1) is 12.1 Å². The van der Waals surface area contributed by atoms with E-state index in [0.29, 0.717) is 13.0 Å². The van der Waals surface area contributed by atoms with E-state index >= 15 is 0 Å². The predicted molar refractivity (Wildman–Crippen MR) is 84.2 cm³/mol. The van der Waals surface area contributed by atoms with Crippen molar-refractivity contribution >= 4 is 5.91 Å². The minimum Gasteiger partial charge on any atom is -0.376 e. The van der Waals surface area contributed by atoms with Crippen LogP contribution in [0.3, 0.4) is 0 Å². The van der Waals surface area contributed by atoms with E-state index in [2.05, 4.69) is 20.8 Å². The van der Waals surface area contributed by atoms with Crippen molar-refractivity contribution in [2.24, 2.45) is 11.8 Å². The van der Waals surface area contributed by atoms with E-state index in [0.717, 1.165) is 25.8 Å². The largest absolute Gasteiger partial charge is 0.376 e. The normalized spacial score (nSPS) is 25.0. The third-order valence-corrected chi connectivity index (χ3v) is 4.24. The summed E-state index contributed by atoms with van der Waals surface area (Å²) in [5, 5.41) is 28.0. The van der Waals surface area contributed by atoms with Crippen LogP contribution in [0.1, 0.15) is 39.5 Å². The van der Waals surface area contributed by atoms with Gasteiger partial charge in [0.15, 0.2) is 0 Å². The van der Waals surface area contributed by atoms with Gasteiger partial charge in [-0.1, -0.05) is 13.8 Å². The van der Waals surface area contributed by atoms with Crippen molar-refractivity contribution in [3.8, 4) is 0 Å². The topological polar surface area (TPSA) is 103 Å². The predicted octanol–water partition coefficient (Wildman–Crippen LogP) is 0.303. The van der Waals surface area contributed by atoms with E-state index in [1.54, 1.807) is 0 Å². The number of carbonyl (C=O) groups excluding carboxylic acids is 1. The molecule has 2 unspecified atom stereocenters. The molecule has 0 bridgehead atoms. The Morgan fingerprint density at radius 2 is 2.05 bits per heavy atom. The lowest BCUT2D eigenvalue weighted by atomic mass is 9.86. The summed E-state index contributed by atoms with van der Waals surface area (Å²) in [6.07, 6.45) is 1.91. The molecule has 0 spiro atoms. The Hall–Kier alpha value is -0.730. The smallest absolute Gasteiger partial charge is 0.223 e. The first kappa shape index (κ1) is 19.3. The Bertz CT molecular complexity index is 328. The molecule has 0 aromatic rings. The molecule has 0 aromatic heterocycles. The van der Waals surface area contributed by atoms with E-state index in [1.165, 1.54) is 0 Å². The molecule has 22 heavy (non-hydrogen) atoms. The molecule has 7 nitrogen and oxygen atoms in total. The first-order valence-corrected chi connectivity index (χ1v) is 8.16. The number of likely N-dealkylation sites (N-methyl/N-ethyl adjacent to an activating group) is 1. The van der Waals surface area contributed by atoms with E-state index < -0.39 is 6.23 Å². The summed E-state index contributed by atoms with van der Waals surface area (Å²) in [4.78, 5) is 16.8. The number of amides is 1. The van der Waals surface area contributed by atoms with Crippen LogP contribution >= 0.6 is 0 Å². The molecule has 1 rings (SSSR count). The standard InChI is InChI=1S/C15H31N3O4/c1-10(2)13(15(20)17-8-7-16-3)18-14(19)11-5-4-6-12(9-11)22-21/h10-13,15-17,20-21H,4-9H2,1-3H3,(H,18,19)/t11?,12-,13?,15+/m1/s1. The second kappa shape index (κ2) is 10.1. The summed E-state index contributed by atoms with van der Waals surface area (Å²) in [5.74, 6) is -0.138. The number of rotatable bonds is 9. The maximum atomic E-state index is 12.4. The molecule has 0 saturated heterocycles. The molecule has 130 valence electrons. The molecule has 0 heterocycles. The van der Waals surface area contributed by atoms with Crippen LogP contribution in [0.5, 0.6) is 0 Å². The van der Waals surface area contributed by atoms with Gasteiger partial charge in [-0.05, 0) is 38.6 Å². The third kappa shape index (κ3) is 6.18.